The van der Waals surface area contributed by atoms with E-state index in [9.17, 15) is 19.8 Å². The first kappa shape index (κ1) is 19.3. The molecule has 23 heavy (non-hydrogen) atoms. The summed E-state index contributed by atoms with van der Waals surface area (Å²) in [4.78, 5) is 23.9. The van der Waals surface area contributed by atoms with Gasteiger partial charge in [0.2, 0.25) is 0 Å². The van der Waals surface area contributed by atoms with Gasteiger partial charge in [-0.2, -0.15) is 0 Å². The number of aliphatic hydroxyl groups excluding tert-OH is 4. The number of benzene rings is 1. The van der Waals surface area contributed by atoms with E-state index in [4.69, 9.17) is 21.8 Å². The van der Waals surface area contributed by atoms with E-state index in [1.807, 2.05) is 0 Å². The Balaban J connectivity index is 2.78. The van der Waals surface area contributed by atoms with Gasteiger partial charge in [0.15, 0.2) is 0 Å². The molecule has 8 nitrogen and oxygen atoms in total. The molecule has 0 aromatic heterocycles. The Kier molecular flexibility index (Phi) is 7.93. The molecule has 0 saturated heterocycles. The number of nitrogens with one attached hydrogen (secondary N) is 2. The molecule has 0 aliphatic rings. The highest BCUT2D eigenvalue weighted by atomic mass is 35.5. The minimum atomic E-state index is -1.08. The molecule has 2 amide bonds. The predicted molar refractivity (Wildman–Crippen MR) is 82.3 cm³/mol. The van der Waals surface area contributed by atoms with Crippen LogP contribution in [0.5, 0.6) is 0 Å². The second-order valence-corrected chi connectivity index (χ2v) is 5.26. The molecule has 0 aliphatic heterocycles. The zero-order valence-electron chi connectivity index (χ0n) is 12.2. The van der Waals surface area contributed by atoms with Gasteiger partial charge in [-0.05, 0) is 18.2 Å². The molecule has 0 aliphatic carbocycles. The summed E-state index contributed by atoms with van der Waals surface area (Å²) in [6.07, 6.45) is -2.17. The Morgan fingerprint density at radius 1 is 0.913 bits per heavy atom. The number of rotatable bonds is 8. The molecule has 1 rings (SSSR count). The van der Waals surface area contributed by atoms with Gasteiger partial charge in [-0.15, -0.1) is 0 Å². The fourth-order valence-electron chi connectivity index (χ4n) is 1.61. The van der Waals surface area contributed by atoms with E-state index in [-0.39, 0.29) is 29.2 Å². The first-order valence-electron chi connectivity index (χ1n) is 6.82. The van der Waals surface area contributed by atoms with Crippen molar-refractivity contribution >= 4 is 23.4 Å². The zero-order valence-corrected chi connectivity index (χ0v) is 13.0. The summed E-state index contributed by atoms with van der Waals surface area (Å²) in [5, 5.41) is 40.7. The Hall–Kier alpha value is -1.71. The lowest BCUT2D eigenvalue weighted by Crippen LogP contribution is -2.35. The molecule has 1 aromatic carbocycles. The van der Waals surface area contributed by atoms with Gasteiger partial charge in [0.25, 0.3) is 11.8 Å². The molecule has 2 unspecified atom stereocenters. The molecule has 128 valence electrons. The Morgan fingerprint density at radius 3 is 1.65 bits per heavy atom. The monoisotopic (exact) mass is 346 g/mol. The number of carbonyl (C=O) groups excluding carboxylic acids is 2. The number of carbonyl (C=O) groups is 2. The van der Waals surface area contributed by atoms with Crippen LogP contribution in [0.4, 0.5) is 0 Å². The molecule has 0 bridgehead atoms. The summed E-state index contributed by atoms with van der Waals surface area (Å²) < 4.78 is 0. The second-order valence-electron chi connectivity index (χ2n) is 4.82. The quantitative estimate of drug-likeness (QED) is 0.339. The first-order chi connectivity index (χ1) is 10.9. The van der Waals surface area contributed by atoms with Crippen LogP contribution in [-0.4, -0.2) is 70.8 Å². The number of halogens is 1. The third-order valence-electron chi connectivity index (χ3n) is 2.84. The highest BCUT2D eigenvalue weighted by molar-refractivity contribution is 6.31. The molecule has 6 N–H and O–H groups in total. The number of hydrogen-bond acceptors (Lipinski definition) is 6. The van der Waals surface area contributed by atoms with Gasteiger partial charge in [-0.3, -0.25) is 9.59 Å². The second kappa shape index (κ2) is 9.43. The van der Waals surface area contributed by atoms with E-state index in [1.54, 1.807) is 0 Å². The van der Waals surface area contributed by atoms with E-state index in [0.29, 0.717) is 0 Å². The molecule has 1 aromatic rings. The van der Waals surface area contributed by atoms with Crippen LogP contribution in [0.3, 0.4) is 0 Å². The van der Waals surface area contributed by atoms with Gasteiger partial charge >= 0.3 is 0 Å². The van der Waals surface area contributed by atoms with Gasteiger partial charge in [0.05, 0.1) is 25.4 Å². The molecule has 2 atom stereocenters. The van der Waals surface area contributed by atoms with Crippen molar-refractivity contribution in [3.63, 3.8) is 0 Å². The highest BCUT2D eigenvalue weighted by Gasteiger charge is 2.14. The molecular formula is C14H19ClN2O6. The van der Waals surface area contributed by atoms with Crippen molar-refractivity contribution in [2.45, 2.75) is 12.2 Å². The zero-order chi connectivity index (χ0) is 17.4. The SMILES string of the molecule is O=C(NCC(O)CO)c1cc(Cl)cc(C(=O)NCC(O)CO)c1. The maximum Gasteiger partial charge on any atom is 0.251 e. The summed E-state index contributed by atoms with van der Waals surface area (Å²) >= 11 is 5.88. The van der Waals surface area contributed by atoms with Crippen LogP contribution >= 0.6 is 11.6 Å². The summed E-state index contributed by atoms with van der Waals surface area (Å²) in [5.41, 5.74) is 0.214. The van der Waals surface area contributed by atoms with Crippen molar-refractivity contribution in [2.75, 3.05) is 26.3 Å². The Labute approximate surface area is 137 Å². The van der Waals surface area contributed by atoms with Crippen molar-refractivity contribution in [1.29, 1.82) is 0 Å². The molecule has 0 spiro atoms. The first-order valence-corrected chi connectivity index (χ1v) is 7.20. The van der Waals surface area contributed by atoms with Gasteiger partial charge in [0, 0.05) is 29.2 Å². The van der Waals surface area contributed by atoms with Gasteiger partial charge < -0.3 is 31.1 Å². The van der Waals surface area contributed by atoms with Crippen molar-refractivity contribution in [3.05, 3.63) is 34.3 Å². The largest absolute Gasteiger partial charge is 0.394 e. The lowest BCUT2D eigenvalue weighted by Gasteiger charge is -2.12. The van der Waals surface area contributed by atoms with Gasteiger partial charge in [-0.1, -0.05) is 11.6 Å². The van der Waals surface area contributed by atoms with Crippen LogP contribution in [-0.2, 0) is 0 Å². The van der Waals surface area contributed by atoms with Crippen molar-refractivity contribution in [2.24, 2.45) is 0 Å². The van der Waals surface area contributed by atoms with E-state index >= 15 is 0 Å². The van der Waals surface area contributed by atoms with E-state index < -0.39 is 37.2 Å². The standard InChI is InChI=1S/C14H19ClN2O6/c15-10-2-8(13(22)16-4-11(20)6-18)1-9(3-10)14(23)17-5-12(21)7-19/h1-3,11-12,18-21H,4-7H2,(H,16,22)(H,17,23). The number of aliphatic hydroxyl groups is 4. The van der Waals surface area contributed by atoms with Crippen LogP contribution in [0.2, 0.25) is 5.02 Å². The smallest absolute Gasteiger partial charge is 0.251 e. The maximum absolute atomic E-state index is 11.9. The van der Waals surface area contributed by atoms with Crippen molar-refractivity contribution in [1.82, 2.24) is 10.6 Å². The summed E-state index contributed by atoms with van der Waals surface area (Å²) in [6.45, 7) is -1.27. The van der Waals surface area contributed by atoms with Crippen molar-refractivity contribution in [3.8, 4) is 0 Å². The molecule has 0 heterocycles. The van der Waals surface area contributed by atoms with E-state index in [2.05, 4.69) is 10.6 Å². The number of amides is 2. The Morgan fingerprint density at radius 2 is 1.30 bits per heavy atom. The maximum atomic E-state index is 11.9. The minimum Gasteiger partial charge on any atom is -0.394 e. The molecule has 0 radical (unpaired) electrons. The number of hydrogen-bond donors (Lipinski definition) is 6. The van der Waals surface area contributed by atoms with Gasteiger partial charge in [-0.25, -0.2) is 0 Å². The van der Waals surface area contributed by atoms with Crippen LogP contribution in [0.15, 0.2) is 18.2 Å². The van der Waals surface area contributed by atoms with Crippen LogP contribution in [0.1, 0.15) is 20.7 Å². The van der Waals surface area contributed by atoms with Crippen LogP contribution in [0, 0.1) is 0 Å². The molecule has 0 saturated carbocycles. The van der Waals surface area contributed by atoms with Crippen LogP contribution < -0.4 is 10.6 Å². The normalized spacial score (nSPS) is 13.3. The predicted octanol–water partition coefficient (Wildman–Crippen LogP) is -1.49. The third kappa shape index (κ3) is 6.51. The average molecular weight is 347 g/mol. The fourth-order valence-corrected chi connectivity index (χ4v) is 1.84. The lowest BCUT2D eigenvalue weighted by molar-refractivity contribution is 0.0800. The third-order valence-corrected chi connectivity index (χ3v) is 3.06. The van der Waals surface area contributed by atoms with E-state index in [0.717, 1.165) is 0 Å². The molecule has 0 fully saturated rings. The molecular weight excluding hydrogens is 328 g/mol. The minimum absolute atomic E-state index is 0.107. The molecule has 9 heteroatoms. The highest BCUT2D eigenvalue weighted by Crippen LogP contribution is 2.15. The summed E-state index contributed by atoms with van der Waals surface area (Å²) in [7, 11) is 0. The summed E-state index contributed by atoms with van der Waals surface area (Å²) in [5.74, 6) is -1.13. The fraction of sp³-hybridized carbons (Fsp3) is 0.429. The Bertz CT molecular complexity index is 510. The summed E-state index contributed by atoms with van der Waals surface area (Å²) in [6, 6.07) is 4.00. The lowest BCUT2D eigenvalue weighted by atomic mass is 10.1. The van der Waals surface area contributed by atoms with Crippen molar-refractivity contribution < 1.29 is 30.0 Å². The van der Waals surface area contributed by atoms with Gasteiger partial charge in [0.1, 0.15) is 0 Å². The topological polar surface area (TPSA) is 139 Å². The average Bonchev–Trinajstić information content (AvgIpc) is 2.55. The van der Waals surface area contributed by atoms with Crippen LogP contribution in [0.25, 0.3) is 0 Å². The van der Waals surface area contributed by atoms with E-state index in [1.165, 1.54) is 18.2 Å².